The van der Waals surface area contributed by atoms with Crippen LogP contribution in [0.2, 0.25) is 4.34 Å². The van der Waals surface area contributed by atoms with Crippen LogP contribution in [-0.4, -0.2) is 55.1 Å². The van der Waals surface area contributed by atoms with Crippen molar-refractivity contribution in [3.63, 3.8) is 0 Å². The van der Waals surface area contributed by atoms with Crippen LogP contribution in [0.15, 0.2) is 12.1 Å². The van der Waals surface area contributed by atoms with Crippen molar-refractivity contribution < 1.29 is 23.9 Å². The number of nitrogens with one attached hydrogen (secondary N) is 1. The van der Waals surface area contributed by atoms with E-state index in [9.17, 15) is 9.59 Å². The van der Waals surface area contributed by atoms with Crippen molar-refractivity contribution in [3.8, 4) is 0 Å². The van der Waals surface area contributed by atoms with Gasteiger partial charge in [-0.3, -0.25) is 4.79 Å². The van der Waals surface area contributed by atoms with Crippen LogP contribution in [-0.2, 0) is 14.3 Å². The molecular formula is C15H21ClN2O5S. The van der Waals surface area contributed by atoms with Gasteiger partial charge in [-0.05, 0) is 32.9 Å². The lowest BCUT2D eigenvalue weighted by atomic mass is 10.2. The Kier molecular flexibility index (Phi) is 6.08. The fourth-order valence-corrected chi connectivity index (χ4v) is 3.19. The minimum atomic E-state index is -0.783. The molecule has 0 saturated carbocycles. The van der Waals surface area contributed by atoms with Gasteiger partial charge in [-0.1, -0.05) is 11.6 Å². The summed E-state index contributed by atoms with van der Waals surface area (Å²) >= 11 is 7.04. The Morgan fingerprint density at radius 3 is 2.58 bits per heavy atom. The van der Waals surface area contributed by atoms with Crippen LogP contribution in [0.1, 0.15) is 30.4 Å². The minimum Gasteiger partial charge on any atom is -0.427 e. The fraction of sp³-hybridized carbons (Fsp3) is 0.600. The van der Waals surface area contributed by atoms with Crippen molar-refractivity contribution in [2.24, 2.45) is 0 Å². The molecule has 24 heavy (non-hydrogen) atoms. The summed E-state index contributed by atoms with van der Waals surface area (Å²) in [5.41, 5.74) is -0.635. The Bertz CT molecular complexity index is 601. The van der Waals surface area contributed by atoms with E-state index >= 15 is 0 Å². The van der Waals surface area contributed by atoms with E-state index in [-0.39, 0.29) is 18.1 Å². The highest BCUT2D eigenvalue weighted by molar-refractivity contribution is 7.17. The Hall–Kier alpha value is -1.35. The molecule has 1 aromatic heterocycles. The second-order valence-corrected chi connectivity index (χ2v) is 8.08. The first-order chi connectivity index (χ1) is 11.2. The quantitative estimate of drug-likeness (QED) is 0.814. The summed E-state index contributed by atoms with van der Waals surface area (Å²) in [6, 6.07) is 3.01. The number of carbonyl (C=O) groups is 2. The highest BCUT2D eigenvalue weighted by atomic mass is 35.5. The standard InChI is InChI=1S/C15H21ClN2O5S/c1-15(2,3)22-14(20)23-18-7-9(10(8-18)21-4)17-13(19)11-5-6-12(16)24-11/h5-6,9-10H,7-8H2,1-4H3,(H,17,19). The molecule has 2 rings (SSSR count). The van der Waals surface area contributed by atoms with Crippen LogP contribution in [0.4, 0.5) is 4.79 Å². The smallest absolute Gasteiger partial charge is 0.427 e. The second-order valence-electron chi connectivity index (χ2n) is 6.36. The van der Waals surface area contributed by atoms with Crippen molar-refractivity contribution in [1.29, 1.82) is 0 Å². The normalized spacial score (nSPS) is 21.5. The molecule has 0 aromatic carbocycles. The van der Waals surface area contributed by atoms with Gasteiger partial charge in [0.15, 0.2) is 0 Å². The molecule has 134 valence electrons. The van der Waals surface area contributed by atoms with Crippen molar-refractivity contribution in [2.45, 2.75) is 38.5 Å². The number of carbonyl (C=O) groups excluding carboxylic acids is 2. The average Bonchev–Trinajstić information content (AvgIpc) is 3.03. The second kappa shape index (κ2) is 7.69. The van der Waals surface area contributed by atoms with Crippen molar-refractivity contribution in [3.05, 3.63) is 21.3 Å². The molecule has 1 saturated heterocycles. The van der Waals surface area contributed by atoms with E-state index in [1.165, 1.54) is 16.4 Å². The summed E-state index contributed by atoms with van der Waals surface area (Å²) in [4.78, 5) is 29.6. The SMILES string of the molecule is COC1CN(OC(=O)OC(C)(C)C)CC1NC(=O)c1ccc(Cl)s1. The molecule has 0 spiro atoms. The molecule has 2 atom stereocenters. The van der Waals surface area contributed by atoms with E-state index in [1.807, 2.05) is 0 Å². The lowest BCUT2D eigenvalue weighted by Gasteiger charge is -2.21. The third-order valence-electron chi connectivity index (χ3n) is 3.24. The number of ether oxygens (including phenoxy) is 2. The van der Waals surface area contributed by atoms with Crippen LogP contribution in [0.25, 0.3) is 0 Å². The predicted molar refractivity (Wildman–Crippen MR) is 90.3 cm³/mol. The number of halogens is 1. The maximum atomic E-state index is 12.2. The zero-order valence-electron chi connectivity index (χ0n) is 14.0. The van der Waals surface area contributed by atoms with Crippen LogP contribution >= 0.6 is 22.9 Å². The van der Waals surface area contributed by atoms with Gasteiger partial charge in [-0.2, -0.15) is 0 Å². The molecule has 1 aromatic rings. The molecule has 7 nitrogen and oxygen atoms in total. The summed E-state index contributed by atoms with van der Waals surface area (Å²) in [6.45, 7) is 5.91. The van der Waals surface area contributed by atoms with Gasteiger partial charge < -0.3 is 19.6 Å². The molecule has 1 N–H and O–H groups in total. The van der Waals surface area contributed by atoms with Gasteiger partial charge >= 0.3 is 6.16 Å². The molecule has 1 fully saturated rings. The maximum Gasteiger partial charge on any atom is 0.528 e. The molecule has 0 radical (unpaired) electrons. The summed E-state index contributed by atoms with van der Waals surface area (Å²) in [6.07, 6.45) is -1.08. The minimum absolute atomic E-state index is 0.238. The molecule has 0 aliphatic carbocycles. The molecule has 2 unspecified atom stereocenters. The van der Waals surface area contributed by atoms with Gasteiger partial charge in [0.05, 0.1) is 34.4 Å². The number of nitrogens with zero attached hydrogens (tertiary/aromatic N) is 1. The molecule has 0 bridgehead atoms. The summed E-state index contributed by atoms with van der Waals surface area (Å²) in [5.74, 6) is -0.238. The van der Waals surface area contributed by atoms with Gasteiger partial charge in [-0.25, -0.2) is 4.79 Å². The number of hydroxylamine groups is 2. The summed E-state index contributed by atoms with van der Waals surface area (Å²) in [7, 11) is 1.54. The predicted octanol–water partition coefficient (Wildman–Crippen LogP) is 2.70. The van der Waals surface area contributed by atoms with Gasteiger partial charge in [0, 0.05) is 7.11 Å². The third kappa shape index (κ3) is 5.34. The number of methoxy groups -OCH3 is 1. The number of thiophene rings is 1. The van der Waals surface area contributed by atoms with Crippen molar-refractivity contribution in [2.75, 3.05) is 20.2 Å². The number of amides is 1. The topological polar surface area (TPSA) is 77.1 Å². The first-order valence-electron chi connectivity index (χ1n) is 7.43. The Balaban J connectivity index is 1.91. The lowest BCUT2D eigenvalue weighted by molar-refractivity contribution is -0.134. The molecular weight excluding hydrogens is 356 g/mol. The number of hydrogen-bond acceptors (Lipinski definition) is 7. The highest BCUT2D eigenvalue weighted by Gasteiger charge is 2.37. The zero-order chi connectivity index (χ0) is 17.9. The largest absolute Gasteiger partial charge is 0.528 e. The van der Waals surface area contributed by atoms with Crippen molar-refractivity contribution >= 4 is 35.0 Å². The Morgan fingerprint density at radius 2 is 2.04 bits per heavy atom. The number of hydrogen-bond donors (Lipinski definition) is 1. The van der Waals surface area contributed by atoms with Crippen molar-refractivity contribution in [1.82, 2.24) is 10.4 Å². The molecule has 1 amide bonds. The number of rotatable bonds is 4. The third-order valence-corrected chi connectivity index (χ3v) is 4.47. The average molecular weight is 377 g/mol. The van der Waals surface area contributed by atoms with E-state index in [1.54, 1.807) is 40.0 Å². The zero-order valence-corrected chi connectivity index (χ0v) is 15.6. The van der Waals surface area contributed by atoms with E-state index in [0.717, 1.165) is 0 Å². The van der Waals surface area contributed by atoms with Crippen LogP contribution in [0.5, 0.6) is 0 Å². The lowest BCUT2D eigenvalue weighted by Crippen LogP contribution is -2.43. The first-order valence-corrected chi connectivity index (χ1v) is 8.62. The van der Waals surface area contributed by atoms with Crippen LogP contribution in [0.3, 0.4) is 0 Å². The van der Waals surface area contributed by atoms with Gasteiger partial charge in [0.25, 0.3) is 5.91 Å². The highest BCUT2D eigenvalue weighted by Crippen LogP contribution is 2.22. The first kappa shape index (κ1) is 19.0. The summed E-state index contributed by atoms with van der Waals surface area (Å²) in [5, 5.41) is 4.30. The monoisotopic (exact) mass is 376 g/mol. The van der Waals surface area contributed by atoms with Crippen LogP contribution < -0.4 is 5.32 Å². The molecule has 1 aliphatic rings. The van der Waals surface area contributed by atoms with E-state index in [0.29, 0.717) is 22.3 Å². The van der Waals surface area contributed by atoms with E-state index < -0.39 is 11.8 Å². The molecule has 1 aliphatic heterocycles. The molecule has 2 heterocycles. The summed E-state index contributed by atoms with van der Waals surface area (Å²) < 4.78 is 11.0. The maximum absolute atomic E-state index is 12.2. The fourth-order valence-electron chi connectivity index (χ4n) is 2.24. The van der Waals surface area contributed by atoms with Gasteiger partial charge in [0.2, 0.25) is 0 Å². The van der Waals surface area contributed by atoms with Crippen LogP contribution in [0, 0.1) is 0 Å². The van der Waals surface area contributed by atoms with Gasteiger partial charge in [0.1, 0.15) is 5.60 Å². The van der Waals surface area contributed by atoms with E-state index in [4.69, 9.17) is 25.9 Å². The van der Waals surface area contributed by atoms with E-state index in [2.05, 4.69) is 5.32 Å². The Morgan fingerprint density at radius 1 is 1.33 bits per heavy atom. The Labute approximate surface area is 149 Å². The molecule has 9 heteroatoms. The van der Waals surface area contributed by atoms with Gasteiger partial charge in [-0.15, -0.1) is 16.4 Å².